The van der Waals surface area contributed by atoms with Crippen molar-refractivity contribution in [1.29, 1.82) is 0 Å². The van der Waals surface area contributed by atoms with Gasteiger partial charge in [-0.05, 0) is 53.6 Å². The predicted octanol–water partition coefficient (Wildman–Crippen LogP) is 12.8. The first kappa shape index (κ1) is 30.8. The van der Waals surface area contributed by atoms with Crippen molar-refractivity contribution in [2.45, 2.75) is 0 Å². The third-order valence-electron chi connectivity index (χ3n) is 11.3. The molecule has 56 heavy (non-hydrogen) atoms. The van der Waals surface area contributed by atoms with Gasteiger partial charge in [0.15, 0.2) is 17.5 Å². The summed E-state index contributed by atoms with van der Waals surface area (Å²) in [6.07, 6.45) is 0. The fourth-order valence-corrected chi connectivity index (χ4v) is 8.86. The Kier molecular flexibility index (Phi) is 6.56. The normalized spacial score (nSPS) is 11.9. The summed E-state index contributed by atoms with van der Waals surface area (Å²) in [5, 5.41) is 7.59. The van der Waals surface area contributed by atoms with E-state index in [0.29, 0.717) is 17.5 Å². The fraction of sp³-hybridized carbons (Fsp3) is 0. The average Bonchev–Trinajstić information content (AvgIpc) is 3.92. The zero-order valence-electron chi connectivity index (χ0n) is 30.1. The highest BCUT2D eigenvalue weighted by atomic mass is 15.0. The Balaban J connectivity index is 1.05. The lowest BCUT2D eigenvalue weighted by Gasteiger charge is -2.12. The molecular formula is C51H31N5. The van der Waals surface area contributed by atoms with E-state index in [2.05, 4.69) is 136 Å². The van der Waals surface area contributed by atoms with Gasteiger partial charge in [0.1, 0.15) is 0 Å². The van der Waals surface area contributed by atoms with Crippen LogP contribution in [0.15, 0.2) is 188 Å². The van der Waals surface area contributed by atoms with Crippen molar-refractivity contribution in [2.24, 2.45) is 0 Å². The molecule has 260 valence electrons. The van der Waals surface area contributed by atoms with Gasteiger partial charge in [-0.25, -0.2) is 15.0 Å². The monoisotopic (exact) mass is 713 g/mol. The van der Waals surface area contributed by atoms with Gasteiger partial charge in [-0.1, -0.05) is 146 Å². The summed E-state index contributed by atoms with van der Waals surface area (Å²) in [7, 11) is 0. The maximum Gasteiger partial charge on any atom is 0.164 e. The summed E-state index contributed by atoms with van der Waals surface area (Å²) in [5.41, 5.74) is 12.3. The second-order valence-electron chi connectivity index (χ2n) is 14.4. The number of fused-ring (bicyclic) bond motifs is 9. The lowest BCUT2D eigenvalue weighted by Crippen LogP contribution is -2.01. The van der Waals surface area contributed by atoms with E-state index in [9.17, 15) is 0 Å². The van der Waals surface area contributed by atoms with Crippen LogP contribution in [0.2, 0.25) is 0 Å². The van der Waals surface area contributed by atoms with E-state index >= 15 is 0 Å². The molecule has 0 aliphatic heterocycles. The molecule has 0 saturated carbocycles. The number of aromatic nitrogens is 5. The highest BCUT2D eigenvalue weighted by molar-refractivity contribution is 6.24. The van der Waals surface area contributed by atoms with E-state index in [1.165, 1.54) is 60.0 Å². The molecular weight excluding hydrogens is 683 g/mol. The quantitative estimate of drug-likeness (QED) is 0.178. The molecule has 5 heteroatoms. The topological polar surface area (TPSA) is 48.0 Å². The van der Waals surface area contributed by atoms with E-state index in [-0.39, 0.29) is 0 Å². The minimum atomic E-state index is 0.632. The standard InChI is InChI=1S/C51H31N5/c1-3-14-32(15-4-1)49-52-50(33-16-5-2-6-17-33)54-51(53-49)35-18-11-19-36(30-35)55-44-26-10-8-21-41(44)47-37(22-13-27-46(47)55)34-28-29-45-42(31-34)40-24-12-23-39-38-20-7-9-25-43(38)56(45)48(39)40/h1-31H. The van der Waals surface area contributed by atoms with E-state index < -0.39 is 0 Å². The Bertz CT molecular complexity index is 3410. The van der Waals surface area contributed by atoms with E-state index in [0.717, 1.165) is 33.4 Å². The van der Waals surface area contributed by atoms with Crippen molar-refractivity contribution >= 4 is 59.9 Å². The van der Waals surface area contributed by atoms with Gasteiger partial charge in [0.2, 0.25) is 0 Å². The zero-order valence-corrected chi connectivity index (χ0v) is 30.1. The van der Waals surface area contributed by atoms with Gasteiger partial charge in [-0.3, -0.25) is 0 Å². The third-order valence-corrected chi connectivity index (χ3v) is 11.3. The minimum absolute atomic E-state index is 0.632. The number of hydrogen-bond acceptors (Lipinski definition) is 3. The van der Waals surface area contributed by atoms with Crippen LogP contribution in [0.3, 0.4) is 0 Å². The van der Waals surface area contributed by atoms with Crippen LogP contribution in [0, 0.1) is 0 Å². The Morgan fingerprint density at radius 3 is 1.61 bits per heavy atom. The Hall–Kier alpha value is -7.63. The molecule has 4 aromatic heterocycles. The molecule has 0 unspecified atom stereocenters. The molecule has 12 rings (SSSR count). The molecule has 12 aromatic rings. The van der Waals surface area contributed by atoms with Crippen molar-refractivity contribution in [3.63, 3.8) is 0 Å². The second-order valence-corrected chi connectivity index (χ2v) is 14.4. The first-order valence-corrected chi connectivity index (χ1v) is 19.0. The largest absolute Gasteiger partial charge is 0.309 e. The molecule has 0 radical (unpaired) electrons. The van der Waals surface area contributed by atoms with E-state index in [1.807, 2.05) is 60.7 Å². The van der Waals surface area contributed by atoms with Crippen LogP contribution in [0.1, 0.15) is 0 Å². The van der Waals surface area contributed by atoms with Crippen molar-refractivity contribution in [1.82, 2.24) is 23.9 Å². The lowest BCUT2D eigenvalue weighted by molar-refractivity contribution is 1.07. The summed E-state index contributed by atoms with van der Waals surface area (Å²) < 4.78 is 4.82. The van der Waals surface area contributed by atoms with Crippen LogP contribution in [-0.2, 0) is 0 Å². The maximum atomic E-state index is 5.04. The second kappa shape index (κ2) is 11.9. The van der Waals surface area contributed by atoms with Crippen LogP contribution in [0.5, 0.6) is 0 Å². The van der Waals surface area contributed by atoms with Crippen molar-refractivity contribution in [2.75, 3.05) is 0 Å². The number of rotatable bonds is 5. The molecule has 0 fully saturated rings. The van der Waals surface area contributed by atoms with Gasteiger partial charge in [0, 0.05) is 54.7 Å². The Morgan fingerprint density at radius 1 is 0.321 bits per heavy atom. The van der Waals surface area contributed by atoms with Crippen LogP contribution in [-0.4, -0.2) is 23.9 Å². The molecule has 0 aliphatic carbocycles. The SMILES string of the molecule is c1ccc(-c2nc(-c3ccccc3)nc(-c3cccc(-n4c5ccccc5c5c(-c6ccc7c(c6)c6cccc8c9ccccc9n7c86)cccc54)c3)n2)cc1. The van der Waals surface area contributed by atoms with E-state index in [1.54, 1.807) is 0 Å². The smallest absolute Gasteiger partial charge is 0.164 e. The number of benzene rings is 8. The van der Waals surface area contributed by atoms with Gasteiger partial charge >= 0.3 is 0 Å². The molecule has 4 heterocycles. The van der Waals surface area contributed by atoms with Crippen LogP contribution < -0.4 is 0 Å². The maximum absolute atomic E-state index is 5.04. The van der Waals surface area contributed by atoms with Gasteiger partial charge in [-0.15, -0.1) is 0 Å². The summed E-state index contributed by atoms with van der Waals surface area (Å²) in [6.45, 7) is 0. The fourth-order valence-electron chi connectivity index (χ4n) is 8.86. The van der Waals surface area contributed by atoms with Crippen LogP contribution >= 0.6 is 0 Å². The van der Waals surface area contributed by atoms with Crippen molar-refractivity contribution < 1.29 is 0 Å². The molecule has 8 aromatic carbocycles. The summed E-state index contributed by atoms with van der Waals surface area (Å²) >= 11 is 0. The first-order valence-electron chi connectivity index (χ1n) is 19.0. The number of nitrogens with zero attached hydrogens (tertiary/aromatic N) is 5. The van der Waals surface area contributed by atoms with Gasteiger partial charge < -0.3 is 8.97 Å². The molecule has 0 bridgehead atoms. The van der Waals surface area contributed by atoms with Crippen molar-refractivity contribution in [3.05, 3.63) is 188 Å². The summed E-state index contributed by atoms with van der Waals surface area (Å²) in [6, 6.07) is 66.7. The molecule has 0 amide bonds. The molecule has 0 N–H and O–H groups in total. The van der Waals surface area contributed by atoms with Gasteiger partial charge in [-0.2, -0.15) is 0 Å². The highest BCUT2D eigenvalue weighted by Gasteiger charge is 2.20. The lowest BCUT2D eigenvalue weighted by atomic mass is 9.97. The molecule has 5 nitrogen and oxygen atoms in total. The number of hydrogen-bond donors (Lipinski definition) is 0. The van der Waals surface area contributed by atoms with Gasteiger partial charge in [0.05, 0.1) is 27.6 Å². The zero-order chi connectivity index (χ0) is 36.7. The summed E-state index contributed by atoms with van der Waals surface area (Å²) in [4.78, 5) is 15.0. The average molecular weight is 714 g/mol. The number of para-hydroxylation sites is 3. The molecule has 0 saturated heterocycles. The molecule has 0 aliphatic rings. The highest BCUT2D eigenvalue weighted by Crippen LogP contribution is 2.43. The molecule has 0 atom stereocenters. The van der Waals surface area contributed by atoms with Crippen LogP contribution in [0.25, 0.3) is 111 Å². The van der Waals surface area contributed by atoms with Crippen molar-refractivity contribution in [3.8, 4) is 51.0 Å². The Labute approximate surface area is 321 Å². The minimum Gasteiger partial charge on any atom is -0.309 e. The van der Waals surface area contributed by atoms with Gasteiger partial charge in [0.25, 0.3) is 0 Å². The molecule has 0 spiro atoms. The Morgan fingerprint density at radius 2 is 0.857 bits per heavy atom. The first-order chi connectivity index (χ1) is 27.8. The summed E-state index contributed by atoms with van der Waals surface area (Å²) in [5.74, 6) is 1.92. The third kappa shape index (κ3) is 4.52. The van der Waals surface area contributed by atoms with E-state index in [4.69, 9.17) is 15.0 Å². The predicted molar refractivity (Wildman–Crippen MR) is 231 cm³/mol. The van der Waals surface area contributed by atoms with Crippen LogP contribution in [0.4, 0.5) is 0 Å².